The smallest absolute Gasteiger partial charge is 0.267 e. The second-order valence-corrected chi connectivity index (χ2v) is 6.89. The number of anilines is 2. The quantitative estimate of drug-likeness (QED) is 0.414. The average molecular weight is 407 g/mol. The van der Waals surface area contributed by atoms with E-state index in [9.17, 15) is 18.8 Å². The van der Waals surface area contributed by atoms with Crippen molar-refractivity contribution in [2.75, 3.05) is 10.6 Å². The molecule has 0 aromatic heterocycles. The van der Waals surface area contributed by atoms with E-state index in [-0.39, 0.29) is 5.57 Å². The number of amides is 1. The molecule has 0 saturated carbocycles. The Labute approximate surface area is 170 Å². The standard InChI is InChI=1S/C22H15F2N3OS/c23-17-9-6-10-18(24)21(17)26-14-15(13-25)22(28)27-19-11-4-5-12-20(19)29-16-7-2-1-3-8-16/h1-12,14,26H,(H,27,28)/b15-14-. The Balaban J connectivity index is 1.77. The number of hydrogen-bond acceptors (Lipinski definition) is 4. The van der Waals surface area contributed by atoms with Crippen molar-refractivity contribution in [2.24, 2.45) is 0 Å². The highest BCUT2D eigenvalue weighted by Gasteiger charge is 2.14. The van der Waals surface area contributed by atoms with E-state index in [1.165, 1.54) is 17.8 Å². The first-order valence-electron chi connectivity index (χ1n) is 8.52. The molecule has 0 saturated heterocycles. The van der Waals surface area contributed by atoms with Crippen LogP contribution < -0.4 is 10.6 Å². The Hall–Kier alpha value is -3.63. The molecule has 0 aliphatic carbocycles. The van der Waals surface area contributed by atoms with Crippen molar-refractivity contribution in [3.05, 3.63) is 96.2 Å². The first kappa shape index (κ1) is 20.1. The summed E-state index contributed by atoms with van der Waals surface area (Å²) < 4.78 is 27.4. The van der Waals surface area contributed by atoms with E-state index in [0.717, 1.165) is 28.1 Å². The lowest BCUT2D eigenvalue weighted by Gasteiger charge is -2.11. The number of halogens is 2. The molecule has 0 bridgehead atoms. The van der Waals surface area contributed by atoms with Gasteiger partial charge in [0.15, 0.2) is 0 Å². The lowest BCUT2D eigenvalue weighted by atomic mass is 10.2. The molecule has 4 nitrogen and oxygen atoms in total. The number of nitrogens with one attached hydrogen (secondary N) is 2. The van der Waals surface area contributed by atoms with Gasteiger partial charge in [0.25, 0.3) is 5.91 Å². The van der Waals surface area contributed by atoms with Gasteiger partial charge in [0.1, 0.15) is 29.0 Å². The normalized spacial score (nSPS) is 10.9. The van der Waals surface area contributed by atoms with E-state index in [4.69, 9.17) is 0 Å². The van der Waals surface area contributed by atoms with E-state index < -0.39 is 23.2 Å². The molecule has 0 aliphatic rings. The summed E-state index contributed by atoms with van der Waals surface area (Å²) in [5.41, 5.74) is -0.246. The van der Waals surface area contributed by atoms with Crippen LogP contribution in [0.5, 0.6) is 0 Å². The Kier molecular flexibility index (Phi) is 6.61. The molecule has 3 aromatic rings. The molecule has 2 N–H and O–H groups in total. The highest BCUT2D eigenvalue weighted by atomic mass is 32.2. The van der Waals surface area contributed by atoms with Gasteiger partial charge in [-0.25, -0.2) is 8.78 Å². The third kappa shape index (κ3) is 5.21. The molecule has 0 aliphatic heterocycles. The molecular formula is C22H15F2N3OS. The van der Waals surface area contributed by atoms with Crippen molar-refractivity contribution in [1.82, 2.24) is 0 Å². The Morgan fingerprint density at radius 3 is 2.28 bits per heavy atom. The first-order valence-corrected chi connectivity index (χ1v) is 9.34. The lowest BCUT2D eigenvalue weighted by molar-refractivity contribution is -0.112. The molecule has 0 atom stereocenters. The minimum absolute atomic E-state index is 0.327. The molecule has 0 spiro atoms. The zero-order valence-corrected chi connectivity index (χ0v) is 15.8. The van der Waals surface area contributed by atoms with Gasteiger partial charge in [0.2, 0.25) is 0 Å². The second kappa shape index (κ2) is 9.53. The van der Waals surface area contributed by atoms with Crippen LogP contribution in [0, 0.1) is 23.0 Å². The molecular weight excluding hydrogens is 392 g/mol. The average Bonchev–Trinajstić information content (AvgIpc) is 2.72. The molecule has 1 amide bonds. The number of carbonyl (C=O) groups is 1. The van der Waals surface area contributed by atoms with Crippen LogP contribution in [0.15, 0.2) is 94.4 Å². The molecule has 3 rings (SSSR count). The minimum Gasteiger partial charge on any atom is -0.355 e. The third-order valence-corrected chi connectivity index (χ3v) is 4.88. The maximum atomic E-state index is 13.7. The zero-order chi connectivity index (χ0) is 20.6. The number of carbonyl (C=O) groups excluding carboxylic acids is 1. The minimum atomic E-state index is -0.830. The number of rotatable bonds is 6. The van der Waals surface area contributed by atoms with Crippen LogP contribution in [0.1, 0.15) is 0 Å². The van der Waals surface area contributed by atoms with Crippen molar-refractivity contribution >= 4 is 29.0 Å². The number of hydrogen-bond donors (Lipinski definition) is 2. The summed E-state index contributed by atoms with van der Waals surface area (Å²) in [6.07, 6.45) is 0.976. The fourth-order valence-corrected chi connectivity index (χ4v) is 3.32. The lowest BCUT2D eigenvalue weighted by Crippen LogP contribution is -2.15. The molecule has 0 unspecified atom stereocenters. The fourth-order valence-electron chi connectivity index (χ4n) is 2.39. The summed E-state index contributed by atoms with van der Waals surface area (Å²) in [4.78, 5) is 14.3. The predicted molar refractivity (Wildman–Crippen MR) is 109 cm³/mol. The SMILES string of the molecule is N#C/C(=C/Nc1c(F)cccc1F)C(=O)Nc1ccccc1Sc1ccccc1. The van der Waals surface area contributed by atoms with Crippen LogP contribution in [0.25, 0.3) is 0 Å². The molecule has 7 heteroatoms. The van der Waals surface area contributed by atoms with E-state index in [1.807, 2.05) is 42.5 Å². The molecule has 3 aromatic carbocycles. The maximum Gasteiger partial charge on any atom is 0.267 e. The summed E-state index contributed by atoms with van der Waals surface area (Å²) in [5, 5.41) is 14.3. The molecule has 0 radical (unpaired) electrons. The summed E-state index contributed by atoms with van der Waals surface area (Å²) in [5.74, 6) is -2.36. The van der Waals surface area contributed by atoms with Crippen molar-refractivity contribution in [2.45, 2.75) is 9.79 Å². The van der Waals surface area contributed by atoms with Gasteiger partial charge in [-0.15, -0.1) is 0 Å². The van der Waals surface area contributed by atoms with E-state index >= 15 is 0 Å². The van der Waals surface area contributed by atoms with Crippen molar-refractivity contribution in [3.8, 4) is 6.07 Å². The van der Waals surface area contributed by atoms with Gasteiger partial charge < -0.3 is 10.6 Å². The van der Waals surface area contributed by atoms with Crippen LogP contribution in [0.4, 0.5) is 20.2 Å². The van der Waals surface area contributed by atoms with Crippen molar-refractivity contribution in [1.29, 1.82) is 5.26 Å². The van der Waals surface area contributed by atoms with Gasteiger partial charge >= 0.3 is 0 Å². The molecule has 29 heavy (non-hydrogen) atoms. The van der Waals surface area contributed by atoms with E-state index in [1.54, 1.807) is 18.2 Å². The monoisotopic (exact) mass is 407 g/mol. The zero-order valence-electron chi connectivity index (χ0n) is 15.0. The second-order valence-electron chi connectivity index (χ2n) is 5.78. The van der Waals surface area contributed by atoms with Crippen LogP contribution in [0.3, 0.4) is 0 Å². The maximum absolute atomic E-state index is 13.7. The molecule has 144 valence electrons. The summed E-state index contributed by atoms with van der Waals surface area (Å²) in [6, 6.07) is 21.9. The largest absolute Gasteiger partial charge is 0.355 e. The molecule has 0 heterocycles. The van der Waals surface area contributed by atoms with Gasteiger partial charge in [0, 0.05) is 16.0 Å². The van der Waals surface area contributed by atoms with Crippen LogP contribution in [-0.2, 0) is 4.79 Å². The Morgan fingerprint density at radius 1 is 0.931 bits per heavy atom. The Bertz CT molecular complexity index is 1070. The summed E-state index contributed by atoms with van der Waals surface area (Å²) >= 11 is 1.46. The van der Waals surface area contributed by atoms with Gasteiger partial charge in [-0.1, -0.05) is 48.2 Å². The van der Waals surface area contributed by atoms with Crippen molar-refractivity contribution < 1.29 is 13.6 Å². The fraction of sp³-hybridized carbons (Fsp3) is 0. The Morgan fingerprint density at radius 2 is 1.59 bits per heavy atom. The van der Waals surface area contributed by atoms with Crippen molar-refractivity contribution in [3.63, 3.8) is 0 Å². The predicted octanol–water partition coefficient (Wildman–Crippen LogP) is 5.57. The van der Waals surface area contributed by atoms with Gasteiger partial charge in [-0.2, -0.15) is 5.26 Å². The number of benzene rings is 3. The van der Waals surface area contributed by atoms with Gasteiger partial charge in [-0.3, -0.25) is 4.79 Å². The third-order valence-electron chi connectivity index (χ3n) is 3.79. The van der Waals surface area contributed by atoms with Gasteiger partial charge in [0.05, 0.1) is 5.69 Å². The highest BCUT2D eigenvalue weighted by molar-refractivity contribution is 7.99. The highest BCUT2D eigenvalue weighted by Crippen LogP contribution is 2.33. The van der Waals surface area contributed by atoms with E-state index in [2.05, 4.69) is 10.6 Å². The number of para-hydroxylation sites is 2. The topological polar surface area (TPSA) is 64.9 Å². The summed E-state index contributed by atoms with van der Waals surface area (Å²) in [6.45, 7) is 0. The number of nitrogens with zero attached hydrogens (tertiary/aromatic N) is 1. The van der Waals surface area contributed by atoms with Crippen LogP contribution >= 0.6 is 11.8 Å². The van der Waals surface area contributed by atoms with Crippen LogP contribution in [0.2, 0.25) is 0 Å². The van der Waals surface area contributed by atoms with Crippen LogP contribution in [-0.4, -0.2) is 5.91 Å². The summed E-state index contributed by atoms with van der Waals surface area (Å²) in [7, 11) is 0. The first-order chi connectivity index (χ1) is 14.1. The number of nitriles is 1. The van der Waals surface area contributed by atoms with Gasteiger partial charge in [-0.05, 0) is 36.4 Å². The molecule has 0 fully saturated rings. The van der Waals surface area contributed by atoms with E-state index in [0.29, 0.717) is 5.69 Å².